The highest BCUT2D eigenvalue weighted by molar-refractivity contribution is 7.99. The summed E-state index contributed by atoms with van der Waals surface area (Å²) < 4.78 is 0. The SMILES string of the molecule is C#CC(CSc1ccc(C)cc1)NCC. The van der Waals surface area contributed by atoms with E-state index in [1.807, 2.05) is 0 Å². The van der Waals surface area contributed by atoms with Crippen LogP contribution in [0.15, 0.2) is 29.2 Å². The van der Waals surface area contributed by atoms with Gasteiger partial charge in [0.05, 0.1) is 6.04 Å². The first kappa shape index (κ1) is 12.2. The molecule has 1 unspecified atom stereocenters. The van der Waals surface area contributed by atoms with Gasteiger partial charge in [-0.25, -0.2) is 0 Å². The van der Waals surface area contributed by atoms with Gasteiger partial charge in [0, 0.05) is 10.6 Å². The van der Waals surface area contributed by atoms with E-state index in [2.05, 4.69) is 49.4 Å². The van der Waals surface area contributed by atoms with Gasteiger partial charge in [0.15, 0.2) is 0 Å². The molecule has 80 valence electrons. The highest BCUT2D eigenvalue weighted by Gasteiger charge is 2.03. The molecule has 0 aromatic heterocycles. The van der Waals surface area contributed by atoms with Crippen LogP contribution in [0, 0.1) is 19.3 Å². The van der Waals surface area contributed by atoms with Crippen LogP contribution in [0.4, 0.5) is 0 Å². The van der Waals surface area contributed by atoms with E-state index in [1.165, 1.54) is 10.5 Å². The van der Waals surface area contributed by atoms with E-state index in [0.717, 1.165) is 12.3 Å². The van der Waals surface area contributed by atoms with Gasteiger partial charge in [-0.05, 0) is 25.6 Å². The number of terminal acetylenes is 1. The van der Waals surface area contributed by atoms with Crippen LogP contribution in [0.5, 0.6) is 0 Å². The number of hydrogen-bond donors (Lipinski definition) is 1. The average molecular weight is 219 g/mol. The zero-order chi connectivity index (χ0) is 11.1. The van der Waals surface area contributed by atoms with Gasteiger partial charge in [0.2, 0.25) is 0 Å². The summed E-state index contributed by atoms with van der Waals surface area (Å²) >= 11 is 1.80. The number of aryl methyl sites for hydroxylation is 1. The number of nitrogens with one attached hydrogen (secondary N) is 1. The van der Waals surface area contributed by atoms with Crippen molar-refractivity contribution in [3.8, 4) is 12.3 Å². The highest BCUT2D eigenvalue weighted by Crippen LogP contribution is 2.18. The van der Waals surface area contributed by atoms with Gasteiger partial charge >= 0.3 is 0 Å². The molecule has 0 amide bonds. The standard InChI is InChI=1S/C13H17NS/c1-4-12(14-5-2)10-15-13-8-6-11(3)7-9-13/h1,6-9,12,14H,5,10H2,2-3H3. The van der Waals surface area contributed by atoms with E-state index in [0.29, 0.717) is 0 Å². The highest BCUT2D eigenvalue weighted by atomic mass is 32.2. The normalized spacial score (nSPS) is 12.1. The van der Waals surface area contributed by atoms with E-state index >= 15 is 0 Å². The Bertz CT molecular complexity index is 323. The lowest BCUT2D eigenvalue weighted by atomic mass is 10.2. The first-order chi connectivity index (χ1) is 7.26. The third-order valence-electron chi connectivity index (χ3n) is 2.09. The third-order valence-corrected chi connectivity index (χ3v) is 3.19. The van der Waals surface area contributed by atoms with Crippen molar-refractivity contribution in [3.63, 3.8) is 0 Å². The molecular formula is C13H17NS. The van der Waals surface area contributed by atoms with Gasteiger partial charge in [-0.15, -0.1) is 18.2 Å². The molecule has 0 aliphatic carbocycles. The minimum absolute atomic E-state index is 0.168. The Labute approximate surface area is 96.7 Å². The van der Waals surface area contributed by atoms with Crippen molar-refractivity contribution in [2.45, 2.75) is 24.8 Å². The topological polar surface area (TPSA) is 12.0 Å². The summed E-state index contributed by atoms with van der Waals surface area (Å²) in [5.74, 6) is 3.68. The van der Waals surface area contributed by atoms with Crippen molar-refractivity contribution in [2.24, 2.45) is 0 Å². The quantitative estimate of drug-likeness (QED) is 0.603. The summed E-state index contributed by atoms with van der Waals surface area (Å²) in [4.78, 5) is 1.28. The van der Waals surface area contributed by atoms with Crippen molar-refractivity contribution < 1.29 is 0 Å². The summed E-state index contributed by atoms with van der Waals surface area (Å²) in [5.41, 5.74) is 1.29. The van der Waals surface area contributed by atoms with Crippen LogP contribution in [-0.4, -0.2) is 18.3 Å². The van der Waals surface area contributed by atoms with Crippen LogP contribution in [0.1, 0.15) is 12.5 Å². The van der Waals surface area contributed by atoms with Crippen molar-refractivity contribution in [1.82, 2.24) is 5.32 Å². The maximum absolute atomic E-state index is 5.42. The third kappa shape index (κ3) is 4.42. The van der Waals surface area contributed by atoms with Crippen LogP contribution in [-0.2, 0) is 0 Å². The molecule has 0 aliphatic rings. The monoisotopic (exact) mass is 219 g/mol. The van der Waals surface area contributed by atoms with Crippen LogP contribution in [0.3, 0.4) is 0 Å². The summed E-state index contributed by atoms with van der Waals surface area (Å²) in [6.07, 6.45) is 5.42. The maximum Gasteiger partial charge on any atom is 0.0782 e. The molecule has 0 saturated carbocycles. The molecule has 0 radical (unpaired) electrons. The lowest BCUT2D eigenvalue weighted by Crippen LogP contribution is -2.29. The molecule has 2 heteroatoms. The molecule has 0 heterocycles. The fourth-order valence-corrected chi connectivity index (χ4v) is 2.13. The number of thioether (sulfide) groups is 1. The van der Waals surface area contributed by atoms with Crippen molar-refractivity contribution in [3.05, 3.63) is 29.8 Å². The van der Waals surface area contributed by atoms with Crippen molar-refractivity contribution in [1.29, 1.82) is 0 Å². The zero-order valence-corrected chi connectivity index (χ0v) is 10.1. The second-order valence-corrected chi connectivity index (χ2v) is 4.49. The van der Waals surface area contributed by atoms with E-state index in [4.69, 9.17) is 6.42 Å². The fourth-order valence-electron chi connectivity index (χ4n) is 1.23. The zero-order valence-electron chi connectivity index (χ0n) is 9.29. The van der Waals surface area contributed by atoms with E-state index < -0.39 is 0 Å². The Morgan fingerprint density at radius 2 is 2.07 bits per heavy atom. The molecule has 1 N–H and O–H groups in total. The molecule has 0 saturated heterocycles. The minimum atomic E-state index is 0.168. The Morgan fingerprint density at radius 3 is 2.60 bits per heavy atom. The maximum atomic E-state index is 5.42. The molecule has 1 atom stereocenters. The Balaban J connectivity index is 2.42. The van der Waals surface area contributed by atoms with E-state index in [-0.39, 0.29) is 6.04 Å². The Kier molecular flexibility index (Phi) is 5.31. The minimum Gasteiger partial charge on any atom is -0.303 e. The van der Waals surface area contributed by atoms with Crippen LogP contribution in [0.25, 0.3) is 0 Å². The first-order valence-corrected chi connectivity index (χ1v) is 6.13. The predicted octanol–water partition coefficient (Wildman–Crippen LogP) is 2.70. The number of benzene rings is 1. The molecule has 0 spiro atoms. The number of hydrogen-bond acceptors (Lipinski definition) is 2. The Hall–Kier alpha value is -0.910. The van der Waals surface area contributed by atoms with Crippen molar-refractivity contribution in [2.75, 3.05) is 12.3 Å². The second kappa shape index (κ2) is 6.55. The van der Waals surface area contributed by atoms with Gasteiger partial charge in [-0.1, -0.05) is 30.5 Å². The smallest absolute Gasteiger partial charge is 0.0782 e. The summed E-state index contributed by atoms with van der Waals surface area (Å²) in [5, 5.41) is 3.26. The molecule has 0 aliphatic heterocycles. The lowest BCUT2D eigenvalue weighted by molar-refractivity contribution is 0.684. The molecule has 1 rings (SSSR count). The largest absolute Gasteiger partial charge is 0.303 e. The van der Waals surface area contributed by atoms with Gasteiger partial charge in [0.1, 0.15) is 0 Å². The molecule has 0 bridgehead atoms. The lowest BCUT2D eigenvalue weighted by Gasteiger charge is -2.10. The van der Waals surface area contributed by atoms with Crippen LogP contribution in [0.2, 0.25) is 0 Å². The molecule has 1 aromatic rings. The predicted molar refractivity (Wildman–Crippen MR) is 68.2 cm³/mol. The van der Waals surface area contributed by atoms with Crippen LogP contribution < -0.4 is 5.32 Å². The summed E-state index contributed by atoms with van der Waals surface area (Å²) in [6, 6.07) is 8.70. The van der Waals surface area contributed by atoms with Gasteiger partial charge < -0.3 is 5.32 Å². The molecule has 15 heavy (non-hydrogen) atoms. The first-order valence-electron chi connectivity index (χ1n) is 5.15. The second-order valence-electron chi connectivity index (χ2n) is 3.40. The molecule has 1 aromatic carbocycles. The number of rotatable bonds is 5. The molecule has 0 fully saturated rings. The average Bonchev–Trinajstić information content (AvgIpc) is 2.26. The summed E-state index contributed by atoms with van der Waals surface area (Å²) in [7, 11) is 0. The van der Waals surface area contributed by atoms with Gasteiger partial charge in [-0.2, -0.15) is 0 Å². The Morgan fingerprint density at radius 1 is 1.40 bits per heavy atom. The van der Waals surface area contributed by atoms with Gasteiger partial charge in [0.25, 0.3) is 0 Å². The summed E-state index contributed by atoms with van der Waals surface area (Å²) in [6.45, 7) is 5.08. The van der Waals surface area contributed by atoms with E-state index in [1.54, 1.807) is 11.8 Å². The fraction of sp³-hybridized carbons (Fsp3) is 0.385. The van der Waals surface area contributed by atoms with Crippen molar-refractivity contribution >= 4 is 11.8 Å². The van der Waals surface area contributed by atoms with E-state index in [9.17, 15) is 0 Å². The molecular weight excluding hydrogens is 202 g/mol. The molecule has 1 nitrogen and oxygen atoms in total. The van der Waals surface area contributed by atoms with Crippen LogP contribution >= 0.6 is 11.8 Å². The van der Waals surface area contributed by atoms with Gasteiger partial charge in [-0.3, -0.25) is 0 Å².